The normalized spacial score (nSPS) is 10.9. The number of aromatic nitrogens is 4. The van der Waals surface area contributed by atoms with Gasteiger partial charge < -0.3 is 14.8 Å². The van der Waals surface area contributed by atoms with Crippen LogP contribution in [0.15, 0.2) is 48.9 Å². The molecule has 0 aliphatic heterocycles. The number of carbonyl (C=O) groups is 1. The van der Waals surface area contributed by atoms with E-state index in [1.165, 1.54) is 0 Å². The molecule has 8 nitrogen and oxygen atoms in total. The van der Waals surface area contributed by atoms with Gasteiger partial charge in [-0.15, -0.1) is 0 Å². The molecule has 1 aromatic carbocycles. The molecular weight excluding hydrogens is 418 g/mol. The third-order valence-corrected chi connectivity index (χ3v) is 5.31. The zero-order chi connectivity index (χ0) is 23.4. The monoisotopic (exact) mass is 445 g/mol. The minimum Gasteiger partial charge on any atom is -0.490 e. The molecule has 3 heterocycles. The number of rotatable bonds is 8. The second-order valence-corrected chi connectivity index (χ2v) is 7.52. The third kappa shape index (κ3) is 4.50. The Bertz CT molecular complexity index is 1280. The van der Waals surface area contributed by atoms with Crippen molar-refractivity contribution in [3.8, 4) is 22.6 Å². The molecule has 0 bridgehead atoms. The molecule has 0 saturated heterocycles. The van der Waals surface area contributed by atoms with Gasteiger partial charge in [-0.2, -0.15) is 5.10 Å². The second kappa shape index (κ2) is 9.68. The number of carbonyl (C=O) groups excluding carboxylic acids is 1. The summed E-state index contributed by atoms with van der Waals surface area (Å²) in [4.78, 5) is 21.5. The molecule has 0 spiro atoms. The Kier molecular flexibility index (Phi) is 6.53. The topological polar surface area (TPSA) is 90.6 Å². The van der Waals surface area contributed by atoms with Crippen LogP contribution in [0.1, 0.15) is 41.2 Å². The zero-order valence-electron chi connectivity index (χ0n) is 19.3. The Balaban J connectivity index is 1.68. The van der Waals surface area contributed by atoms with Gasteiger partial charge >= 0.3 is 0 Å². The van der Waals surface area contributed by atoms with E-state index < -0.39 is 0 Å². The molecule has 1 N–H and O–H groups in total. The van der Waals surface area contributed by atoms with E-state index in [0.29, 0.717) is 48.2 Å². The molecule has 1 amide bonds. The van der Waals surface area contributed by atoms with Crippen molar-refractivity contribution in [3.63, 3.8) is 0 Å². The molecular formula is C25H27N5O3. The van der Waals surface area contributed by atoms with Crippen molar-refractivity contribution in [1.29, 1.82) is 0 Å². The van der Waals surface area contributed by atoms with E-state index >= 15 is 0 Å². The first-order valence-corrected chi connectivity index (χ1v) is 11.0. The summed E-state index contributed by atoms with van der Waals surface area (Å²) in [5.74, 6) is 1.17. The van der Waals surface area contributed by atoms with E-state index in [-0.39, 0.29) is 5.91 Å². The van der Waals surface area contributed by atoms with Crippen LogP contribution in [-0.2, 0) is 6.54 Å². The molecule has 0 saturated carbocycles. The van der Waals surface area contributed by atoms with Gasteiger partial charge in [-0.1, -0.05) is 12.1 Å². The quantitative estimate of drug-likeness (QED) is 0.438. The number of nitrogens with zero attached hydrogens (tertiary/aromatic N) is 4. The molecule has 33 heavy (non-hydrogen) atoms. The van der Waals surface area contributed by atoms with Gasteiger partial charge in [0.25, 0.3) is 5.91 Å². The van der Waals surface area contributed by atoms with E-state index in [0.717, 1.165) is 22.4 Å². The van der Waals surface area contributed by atoms with Crippen molar-refractivity contribution in [1.82, 2.24) is 24.9 Å². The van der Waals surface area contributed by atoms with Crippen LogP contribution in [0.5, 0.6) is 11.5 Å². The molecule has 8 heteroatoms. The van der Waals surface area contributed by atoms with Crippen molar-refractivity contribution < 1.29 is 14.3 Å². The summed E-state index contributed by atoms with van der Waals surface area (Å²) < 4.78 is 13.2. The first kappa shape index (κ1) is 22.3. The second-order valence-electron chi connectivity index (χ2n) is 7.52. The SMILES string of the molecule is CCOc1ccc(-c2c(C)nn3c(C)c(C(=O)NCc4cccnc4)cnc23)cc1OCC. The third-order valence-electron chi connectivity index (χ3n) is 5.31. The highest BCUT2D eigenvalue weighted by molar-refractivity contribution is 5.95. The van der Waals surface area contributed by atoms with Crippen LogP contribution >= 0.6 is 0 Å². The van der Waals surface area contributed by atoms with Gasteiger partial charge in [0.2, 0.25) is 0 Å². The highest BCUT2D eigenvalue weighted by Gasteiger charge is 2.20. The van der Waals surface area contributed by atoms with Crippen LogP contribution in [0.25, 0.3) is 16.8 Å². The van der Waals surface area contributed by atoms with Crippen LogP contribution in [0.4, 0.5) is 0 Å². The molecule has 3 aromatic heterocycles. The van der Waals surface area contributed by atoms with E-state index in [2.05, 4.69) is 20.4 Å². The van der Waals surface area contributed by atoms with Crippen molar-refractivity contribution in [3.05, 3.63) is 71.4 Å². The number of pyridine rings is 1. The number of hydrogen-bond donors (Lipinski definition) is 1. The Morgan fingerprint density at radius 3 is 2.58 bits per heavy atom. The summed E-state index contributed by atoms with van der Waals surface area (Å²) >= 11 is 0. The number of nitrogens with one attached hydrogen (secondary N) is 1. The van der Waals surface area contributed by atoms with Gasteiger partial charge in [0.15, 0.2) is 17.1 Å². The molecule has 0 fully saturated rings. The zero-order valence-corrected chi connectivity index (χ0v) is 19.3. The van der Waals surface area contributed by atoms with Crippen LogP contribution < -0.4 is 14.8 Å². The number of amides is 1. The van der Waals surface area contributed by atoms with Gasteiger partial charge in [-0.25, -0.2) is 9.50 Å². The lowest BCUT2D eigenvalue weighted by atomic mass is 10.1. The van der Waals surface area contributed by atoms with Crippen LogP contribution in [0, 0.1) is 13.8 Å². The van der Waals surface area contributed by atoms with E-state index in [9.17, 15) is 4.79 Å². The van der Waals surface area contributed by atoms with Gasteiger partial charge in [0, 0.05) is 30.7 Å². The summed E-state index contributed by atoms with van der Waals surface area (Å²) in [7, 11) is 0. The maximum atomic E-state index is 12.8. The maximum absolute atomic E-state index is 12.8. The van der Waals surface area contributed by atoms with E-state index in [4.69, 9.17) is 9.47 Å². The molecule has 4 aromatic rings. The summed E-state index contributed by atoms with van der Waals surface area (Å²) in [6, 6.07) is 9.58. The molecule has 4 rings (SSSR count). The van der Waals surface area contributed by atoms with Crippen LogP contribution in [0.2, 0.25) is 0 Å². The lowest BCUT2D eigenvalue weighted by Crippen LogP contribution is -2.24. The van der Waals surface area contributed by atoms with Gasteiger partial charge in [-0.05, 0) is 57.0 Å². The predicted molar refractivity (Wildman–Crippen MR) is 126 cm³/mol. The van der Waals surface area contributed by atoms with Gasteiger partial charge in [0.1, 0.15) is 0 Å². The standard InChI is InChI=1S/C25H27N5O3/c1-5-32-21-10-9-19(12-22(21)33-6-2)23-16(3)29-30-17(4)20(15-27-24(23)30)25(31)28-14-18-8-7-11-26-13-18/h7-13,15H,5-6,14H2,1-4H3,(H,28,31). The van der Waals surface area contributed by atoms with Gasteiger partial charge in [0.05, 0.1) is 30.2 Å². The predicted octanol–water partition coefficient (Wildman–Crippen LogP) is 4.14. The van der Waals surface area contributed by atoms with E-state index in [1.54, 1.807) is 23.1 Å². The molecule has 170 valence electrons. The smallest absolute Gasteiger partial charge is 0.254 e. The minimum absolute atomic E-state index is 0.208. The van der Waals surface area contributed by atoms with E-state index in [1.807, 2.05) is 58.0 Å². The fourth-order valence-electron chi connectivity index (χ4n) is 3.75. The summed E-state index contributed by atoms with van der Waals surface area (Å²) in [6.07, 6.45) is 5.03. The fraction of sp³-hybridized carbons (Fsp3) is 0.280. The lowest BCUT2D eigenvalue weighted by molar-refractivity contribution is 0.0949. The number of hydrogen-bond acceptors (Lipinski definition) is 6. The molecule has 0 atom stereocenters. The number of fused-ring (bicyclic) bond motifs is 1. The van der Waals surface area contributed by atoms with Crippen molar-refractivity contribution >= 4 is 11.6 Å². The van der Waals surface area contributed by atoms with Gasteiger partial charge in [-0.3, -0.25) is 9.78 Å². The fourth-order valence-corrected chi connectivity index (χ4v) is 3.75. The highest BCUT2D eigenvalue weighted by atomic mass is 16.5. The summed E-state index contributed by atoms with van der Waals surface area (Å²) in [5, 5.41) is 7.60. The Labute approximate surface area is 192 Å². The number of aryl methyl sites for hydroxylation is 2. The molecule has 0 aliphatic carbocycles. The number of benzene rings is 1. The van der Waals surface area contributed by atoms with Crippen molar-refractivity contribution in [2.45, 2.75) is 34.2 Å². The largest absolute Gasteiger partial charge is 0.490 e. The minimum atomic E-state index is -0.208. The number of ether oxygens (including phenoxy) is 2. The summed E-state index contributed by atoms with van der Waals surface area (Å²) in [5.41, 5.74) is 5.43. The Morgan fingerprint density at radius 1 is 1.06 bits per heavy atom. The first-order chi connectivity index (χ1) is 16.0. The Morgan fingerprint density at radius 2 is 1.85 bits per heavy atom. The lowest BCUT2D eigenvalue weighted by Gasteiger charge is -2.12. The highest BCUT2D eigenvalue weighted by Crippen LogP contribution is 2.35. The molecule has 0 aliphatic rings. The maximum Gasteiger partial charge on any atom is 0.254 e. The summed E-state index contributed by atoms with van der Waals surface area (Å²) in [6.45, 7) is 9.16. The van der Waals surface area contributed by atoms with Crippen molar-refractivity contribution in [2.24, 2.45) is 0 Å². The average Bonchev–Trinajstić information content (AvgIpc) is 3.16. The van der Waals surface area contributed by atoms with Crippen LogP contribution in [0.3, 0.4) is 0 Å². The first-order valence-electron chi connectivity index (χ1n) is 11.0. The Hall–Kier alpha value is -3.94. The van der Waals surface area contributed by atoms with Crippen molar-refractivity contribution in [2.75, 3.05) is 13.2 Å². The average molecular weight is 446 g/mol. The molecule has 0 radical (unpaired) electrons. The molecule has 0 unspecified atom stereocenters. The van der Waals surface area contributed by atoms with Crippen LogP contribution in [-0.4, -0.2) is 38.7 Å².